The van der Waals surface area contributed by atoms with Gasteiger partial charge in [0.05, 0.1) is 5.60 Å². The van der Waals surface area contributed by atoms with Crippen LogP contribution in [0.15, 0.2) is 0 Å². The van der Waals surface area contributed by atoms with Gasteiger partial charge in [0.1, 0.15) is 10.7 Å². The molecule has 3 rings (SSSR count). The lowest BCUT2D eigenvalue weighted by Gasteiger charge is -2.40. The van der Waals surface area contributed by atoms with Gasteiger partial charge in [-0.05, 0) is 32.1 Å². The largest absolute Gasteiger partial charge is 0.382 e. The molecular formula is C14H22N4O2S. The van der Waals surface area contributed by atoms with Crippen LogP contribution in [0, 0.1) is 0 Å². The molecule has 0 radical (unpaired) electrons. The zero-order valence-corrected chi connectivity index (χ0v) is 13.2. The first-order valence-electron chi connectivity index (χ1n) is 7.48. The number of nitrogens with one attached hydrogen (secondary N) is 1. The highest BCUT2D eigenvalue weighted by molar-refractivity contribution is 7.18. The molecule has 2 fully saturated rings. The van der Waals surface area contributed by atoms with E-state index in [-0.39, 0.29) is 11.5 Å². The van der Waals surface area contributed by atoms with Crippen LogP contribution in [0.3, 0.4) is 0 Å². The molecule has 0 atom stereocenters. The SMILES string of the molecule is COC1(CNC(=O)c2sc(N3CCCC3)nc2N)CCC1. The summed E-state index contributed by atoms with van der Waals surface area (Å²) in [5, 5.41) is 3.81. The van der Waals surface area contributed by atoms with E-state index in [2.05, 4.69) is 15.2 Å². The van der Waals surface area contributed by atoms with Crippen LogP contribution >= 0.6 is 11.3 Å². The Bertz CT molecular complexity index is 516. The molecular weight excluding hydrogens is 288 g/mol. The monoisotopic (exact) mass is 310 g/mol. The lowest BCUT2D eigenvalue weighted by molar-refractivity contribution is -0.0679. The van der Waals surface area contributed by atoms with Gasteiger partial charge in [-0.25, -0.2) is 4.98 Å². The minimum atomic E-state index is -0.174. The summed E-state index contributed by atoms with van der Waals surface area (Å²) in [6.45, 7) is 2.54. The maximum absolute atomic E-state index is 12.3. The van der Waals surface area contributed by atoms with Crippen molar-refractivity contribution in [2.75, 3.05) is 37.4 Å². The van der Waals surface area contributed by atoms with Crippen LogP contribution in [-0.4, -0.2) is 43.2 Å². The number of nitrogens with two attached hydrogens (primary N) is 1. The van der Waals surface area contributed by atoms with E-state index in [1.807, 2.05) is 0 Å². The molecule has 0 aromatic carbocycles. The van der Waals surface area contributed by atoms with Crippen molar-refractivity contribution in [3.8, 4) is 0 Å². The number of nitrogens with zero attached hydrogens (tertiary/aromatic N) is 2. The summed E-state index contributed by atoms with van der Waals surface area (Å²) in [5.74, 6) is 0.193. The van der Waals surface area contributed by atoms with Gasteiger partial charge < -0.3 is 20.7 Å². The predicted octanol–water partition coefficient (Wildman–Crippen LogP) is 1.62. The third-order valence-electron chi connectivity index (χ3n) is 4.49. The van der Waals surface area contributed by atoms with Crippen molar-refractivity contribution in [3.63, 3.8) is 0 Å². The Morgan fingerprint density at radius 3 is 2.71 bits per heavy atom. The number of carbonyl (C=O) groups excluding carboxylic acids is 1. The van der Waals surface area contributed by atoms with Gasteiger partial charge in [0, 0.05) is 26.7 Å². The second kappa shape index (κ2) is 5.81. The van der Waals surface area contributed by atoms with E-state index in [0.717, 1.165) is 37.5 Å². The zero-order valence-electron chi connectivity index (χ0n) is 12.4. The number of hydrogen-bond acceptors (Lipinski definition) is 6. The number of thiazole rings is 1. The van der Waals surface area contributed by atoms with Crippen LogP contribution in [0.5, 0.6) is 0 Å². The first-order chi connectivity index (χ1) is 10.1. The van der Waals surface area contributed by atoms with Gasteiger partial charge >= 0.3 is 0 Å². The molecule has 1 saturated heterocycles. The van der Waals surface area contributed by atoms with Gasteiger partial charge in [-0.1, -0.05) is 11.3 Å². The molecule has 3 N–H and O–H groups in total. The minimum absolute atomic E-state index is 0.140. The summed E-state index contributed by atoms with van der Waals surface area (Å²) in [5.41, 5.74) is 5.74. The Labute approximate surface area is 128 Å². The zero-order chi connectivity index (χ0) is 14.9. The number of hydrogen-bond donors (Lipinski definition) is 2. The van der Waals surface area contributed by atoms with Crippen molar-refractivity contribution in [3.05, 3.63) is 4.88 Å². The summed E-state index contributed by atoms with van der Waals surface area (Å²) in [7, 11) is 1.71. The van der Waals surface area contributed by atoms with Crippen LogP contribution in [0.2, 0.25) is 0 Å². The Morgan fingerprint density at radius 1 is 1.43 bits per heavy atom. The van der Waals surface area contributed by atoms with Crippen LogP contribution < -0.4 is 16.0 Å². The third kappa shape index (κ3) is 2.85. The lowest BCUT2D eigenvalue weighted by atomic mass is 9.80. The number of rotatable bonds is 5. The van der Waals surface area contributed by atoms with E-state index >= 15 is 0 Å². The van der Waals surface area contributed by atoms with Crippen molar-refractivity contribution in [2.45, 2.75) is 37.7 Å². The molecule has 0 spiro atoms. The van der Waals surface area contributed by atoms with Crippen molar-refractivity contribution < 1.29 is 9.53 Å². The fourth-order valence-corrected chi connectivity index (χ4v) is 3.83. The number of methoxy groups -OCH3 is 1. The highest BCUT2D eigenvalue weighted by Gasteiger charge is 2.37. The quantitative estimate of drug-likeness (QED) is 0.864. The highest BCUT2D eigenvalue weighted by atomic mass is 32.1. The summed E-state index contributed by atoms with van der Waals surface area (Å²) >= 11 is 1.39. The fraction of sp³-hybridized carbons (Fsp3) is 0.714. The summed E-state index contributed by atoms with van der Waals surface area (Å²) in [4.78, 5) is 19.4. The van der Waals surface area contributed by atoms with Gasteiger partial charge in [0.15, 0.2) is 5.13 Å². The molecule has 2 heterocycles. The van der Waals surface area contributed by atoms with Crippen molar-refractivity contribution >= 4 is 28.2 Å². The van der Waals surface area contributed by atoms with Gasteiger partial charge in [0.25, 0.3) is 5.91 Å². The molecule has 2 aliphatic rings. The van der Waals surface area contributed by atoms with E-state index in [0.29, 0.717) is 17.2 Å². The number of aromatic nitrogens is 1. The standard InChI is InChI=1S/C14H22N4O2S/c1-20-14(5-4-6-14)9-16-12(19)10-11(15)17-13(21-10)18-7-2-3-8-18/h2-9,15H2,1H3,(H,16,19). The van der Waals surface area contributed by atoms with Crippen molar-refractivity contribution in [1.29, 1.82) is 0 Å². The molecule has 1 amide bonds. The van der Waals surface area contributed by atoms with Gasteiger partial charge in [0.2, 0.25) is 0 Å². The predicted molar refractivity (Wildman–Crippen MR) is 83.9 cm³/mol. The van der Waals surface area contributed by atoms with Gasteiger partial charge in [-0.15, -0.1) is 0 Å². The number of nitrogen functional groups attached to an aromatic ring is 1. The van der Waals surface area contributed by atoms with Gasteiger partial charge in [-0.3, -0.25) is 4.79 Å². The van der Waals surface area contributed by atoms with Gasteiger partial charge in [-0.2, -0.15) is 0 Å². The third-order valence-corrected chi connectivity index (χ3v) is 5.62. The summed E-state index contributed by atoms with van der Waals surface area (Å²) in [6.07, 6.45) is 5.52. The van der Waals surface area contributed by atoms with E-state index in [9.17, 15) is 4.79 Å². The molecule has 1 aliphatic heterocycles. The molecule has 116 valence electrons. The highest BCUT2D eigenvalue weighted by Crippen LogP contribution is 2.35. The van der Waals surface area contributed by atoms with Crippen LogP contribution in [0.1, 0.15) is 41.8 Å². The number of amides is 1. The Hall–Kier alpha value is -1.34. The molecule has 21 heavy (non-hydrogen) atoms. The number of ether oxygens (including phenoxy) is 1. The number of anilines is 2. The molecule has 6 nitrogen and oxygen atoms in total. The van der Waals surface area contributed by atoms with E-state index in [1.165, 1.54) is 24.2 Å². The summed E-state index contributed by atoms with van der Waals surface area (Å²) in [6, 6.07) is 0. The maximum Gasteiger partial charge on any atom is 0.265 e. The molecule has 1 aromatic rings. The summed E-state index contributed by atoms with van der Waals surface area (Å²) < 4.78 is 5.51. The topological polar surface area (TPSA) is 80.5 Å². The molecule has 0 bridgehead atoms. The molecule has 7 heteroatoms. The average Bonchev–Trinajstić information content (AvgIpc) is 3.06. The lowest BCUT2D eigenvalue weighted by Crippen LogP contribution is -2.49. The van der Waals surface area contributed by atoms with Crippen LogP contribution in [0.4, 0.5) is 10.9 Å². The Morgan fingerprint density at radius 2 is 2.14 bits per heavy atom. The first-order valence-corrected chi connectivity index (χ1v) is 8.30. The Balaban J connectivity index is 1.64. The van der Waals surface area contributed by atoms with E-state index in [4.69, 9.17) is 10.5 Å². The Kier molecular flexibility index (Phi) is 4.03. The second-order valence-corrected chi connectivity index (χ2v) is 6.81. The molecule has 1 saturated carbocycles. The number of carbonyl (C=O) groups is 1. The minimum Gasteiger partial charge on any atom is -0.382 e. The maximum atomic E-state index is 12.3. The normalized spacial score (nSPS) is 20.3. The second-order valence-electron chi connectivity index (χ2n) is 5.83. The fourth-order valence-electron chi connectivity index (χ4n) is 2.87. The van der Waals surface area contributed by atoms with E-state index in [1.54, 1.807) is 7.11 Å². The van der Waals surface area contributed by atoms with Crippen LogP contribution in [-0.2, 0) is 4.74 Å². The van der Waals surface area contributed by atoms with Crippen LogP contribution in [0.25, 0.3) is 0 Å². The van der Waals surface area contributed by atoms with Crippen molar-refractivity contribution in [1.82, 2.24) is 10.3 Å². The van der Waals surface area contributed by atoms with Crippen molar-refractivity contribution in [2.24, 2.45) is 0 Å². The molecule has 1 aliphatic carbocycles. The van der Waals surface area contributed by atoms with E-state index < -0.39 is 0 Å². The molecule has 0 unspecified atom stereocenters. The first kappa shape index (κ1) is 14.6. The molecule has 1 aromatic heterocycles. The smallest absolute Gasteiger partial charge is 0.265 e. The average molecular weight is 310 g/mol.